The third kappa shape index (κ3) is 2.24. The Bertz CT molecular complexity index is 579. The molecule has 0 aliphatic carbocycles. The molecule has 0 saturated heterocycles. The first-order valence-electron chi connectivity index (χ1n) is 5.24. The Morgan fingerprint density at radius 2 is 2.22 bits per heavy atom. The number of hydrogen-bond acceptors (Lipinski definition) is 5. The molecule has 0 radical (unpaired) electrons. The molecule has 7 nitrogen and oxygen atoms in total. The van der Waals surface area contributed by atoms with Gasteiger partial charge in [0.1, 0.15) is 5.75 Å². The standard InChI is InChI=1S/C11H13N5O2/c1-6-3-4-8(18-2)7(5-6)13-11(17)9-10(12)15-16-14-9/h3-5H,1-2H3,(H,13,17)(H3,12,14,15,16). The van der Waals surface area contributed by atoms with E-state index >= 15 is 0 Å². The van der Waals surface area contributed by atoms with Gasteiger partial charge in [-0.25, -0.2) is 0 Å². The largest absolute Gasteiger partial charge is 0.495 e. The third-order valence-electron chi connectivity index (χ3n) is 2.39. The van der Waals surface area contributed by atoms with Crippen LogP contribution in [0.25, 0.3) is 0 Å². The Morgan fingerprint density at radius 3 is 2.83 bits per heavy atom. The number of anilines is 2. The molecule has 1 heterocycles. The van der Waals surface area contributed by atoms with Crippen LogP contribution in [0.1, 0.15) is 16.1 Å². The van der Waals surface area contributed by atoms with Gasteiger partial charge in [0.2, 0.25) is 0 Å². The Morgan fingerprint density at radius 1 is 1.44 bits per heavy atom. The lowest BCUT2D eigenvalue weighted by Crippen LogP contribution is -2.15. The van der Waals surface area contributed by atoms with E-state index in [9.17, 15) is 4.79 Å². The molecule has 0 aliphatic rings. The molecule has 7 heteroatoms. The molecule has 0 unspecified atom stereocenters. The second kappa shape index (κ2) is 4.74. The van der Waals surface area contributed by atoms with E-state index in [2.05, 4.69) is 20.7 Å². The Kier molecular flexibility index (Phi) is 3.13. The summed E-state index contributed by atoms with van der Waals surface area (Å²) in [7, 11) is 1.53. The average molecular weight is 247 g/mol. The molecule has 0 atom stereocenters. The number of nitrogens with zero attached hydrogens (tertiary/aromatic N) is 2. The number of amides is 1. The fourth-order valence-electron chi connectivity index (χ4n) is 1.51. The van der Waals surface area contributed by atoms with Crippen LogP contribution in [0, 0.1) is 6.92 Å². The summed E-state index contributed by atoms with van der Waals surface area (Å²) in [6.45, 7) is 1.92. The molecular weight excluding hydrogens is 234 g/mol. The number of ether oxygens (including phenoxy) is 1. The molecule has 0 saturated carbocycles. The van der Waals surface area contributed by atoms with E-state index in [1.165, 1.54) is 7.11 Å². The van der Waals surface area contributed by atoms with E-state index < -0.39 is 5.91 Å². The highest BCUT2D eigenvalue weighted by atomic mass is 16.5. The second-order valence-corrected chi connectivity index (χ2v) is 3.72. The number of benzene rings is 1. The number of H-pyrrole nitrogens is 1. The topological polar surface area (TPSA) is 106 Å². The lowest BCUT2D eigenvalue weighted by Gasteiger charge is -2.10. The van der Waals surface area contributed by atoms with Crippen LogP contribution in [-0.2, 0) is 0 Å². The van der Waals surface area contributed by atoms with Gasteiger partial charge in [-0.2, -0.15) is 5.21 Å². The highest BCUT2D eigenvalue weighted by Crippen LogP contribution is 2.25. The summed E-state index contributed by atoms with van der Waals surface area (Å²) in [5, 5.41) is 12.2. The smallest absolute Gasteiger partial charge is 0.280 e. The number of aromatic nitrogens is 3. The van der Waals surface area contributed by atoms with E-state index in [4.69, 9.17) is 10.5 Å². The quantitative estimate of drug-likeness (QED) is 0.748. The summed E-state index contributed by atoms with van der Waals surface area (Å²) in [4.78, 5) is 11.9. The van der Waals surface area contributed by atoms with Crippen molar-refractivity contribution in [2.75, 3.05) is 18.2 Å². The van der Waals surface area contributed by atoms with Crippen molar-refractivity contribution in [2.45, 2.75) is 6.92 Å². The molecule has 4 N–H and O–H groups in total. The van der Waals surface area contributed by atoms with Gasteiger partial charge >= 0.3 is 0 Å². The summed E-state index contributed by atoms with van der Waals surface area (Å²) in [6, 6.07) is 5.46. The molecule has 18 heavy (non-hydrogen) atoms. The molecular formula is C11H13N5O2. The van der Waals surface area contributed by atoms with Gasteiger partial charge < -0.3 is 15.8 Å². The van der Waals surface area contributed by atoms with Crippen LogP contribution in [0.3, 0.4) is 0 Å². The molecule has 0 bridgehead atoms. The highest BCUT2D eigenvalue weighted by molar-refractivity contribution is 6.06. The molecule has 0 aliphatic heterocycles. The van der Waals surface area contributed by atoms with Gasteiger partial charge in [0.15, 0.2) is 11.5 Å². The van der Waals surface area contributed by atoms with Gasteiger partial charge in [0, 0.05) is 0 Å². The highest BCUT2D eigenvalue weighted by Gasteiger charge is 2.16. The molecule has 2 aromatic rings. The lowest BCUT2D eigenvalue weighted by atomic mass is 10.2. The van der Waals surface area contributed by atoms with Crippen molar-refractivity contribution >= 4 is 17.4 Å². The van der Waals surface area contributed by atoms with Gasteiger partial charge in [-0.15, -0.1) is 10.2 Å². The Balaban J connectivity index is 2.27. The average Bonchev–Trinajstić information content (AvgIpc) is 2.76. The van der Waals surface area contributed by atoms with Crippen molar-refractivity contribution in [1.29, 1.82) is 0 Å². The number of hydrogen-bond donors (Lipinski definition) is 3. The minimum atomic E-state index is -0.440. The van der Waals surface area contributed by atoms with Gasteiger partial charge in [-0.1, -0.05) is 6.07 Å². The monoisotopic (exact) mass is 247 g/mol. The van der Waals surface area contributed by atoms with E-state index in [0.717, 1.165) is 5.56 Å². The van der Waals surface area contributed by atoms with Crippen molar-refractivity contribution in [3.05, 3.63) is 29.5 Å². The summed E-state index contributed by atoms with van der Waals surface area (Å²) < 4.78 is 5.16. The number of rotatable bonds is 3. The summed E-state index contributed by atoms with van der Waals surface area (Å²) >= 11 is 0. The molecule has 1 aromatic heterocycles. The van der Waals surface area contributed by atoms with E-state index in [1.807, 2.05) is 13.0 Å². The van der Waals surface area contributed by atoms with Crippen LogP contribution < -0.4 is 15.8 Å². The van der Waals surface area contributed by atoms with Gasteiger partial charge in [-0.05, 0) is 24.6 Å². The predicted octanol–water partition coefficient (Wildman–Crippen LogP) is 0.956. The first-order valence-corrected chi connectivity index (χ1v) is 5.24. The van der Waals surface area contributed by atoms with Crippen LogP contribution in [0.2, 0.25) is 0 Å². The summed E-state index contributed by atoms with van der Waals surface area (Å²) in [5.74, 6) is 0.181. The number of nitrogens with two attached hydrogens (primary N) is 1. The number of carbonyl (C=O) groups excluding carboxylic acids is 1. The number of aryl methyl sites for hydroxylation is 1. The van der Waals surface area contributed by atoms with E-state index in [0.29, 0.717) is 11.4 Å². The maximum atomic E-state index is 11.9. The van der Waals surface area contributed by atoms with Crippen LogP contribution in [-0.4, -0.2) is 28.4 Å². The molecule has 2 rings (SSSR count). The number of nitrogens with one attached hydrogen (secondary N) is 2. The fraction of sp³-hybridized carbons (Fsp3) is 0.182. The second-order valence-electron chi connectivity index (χ2n) is 3.72. The Labute approximate surface area is 103 Å². The molecule has 1 aromatic carbocycles. The maximum Gasteiger partial charge on any atom is 0.280 e. The molecule has 0 fully saturated rings. The minimum absolute atomic E-state index is 0.0542. The predicted molar refractivity (Wildman–Crippen MR) is 66.5 cm³/mol. The first-order chi connectivity index (χ1) is 8.61. The summed E-state index contributed by atoms with van der Waals surface area (Å²) in [6.07, 6.45) is 0. The normalized spacial score (nSPS) is 10.1. The zero-order chi connectivity index (χ0) is 13.1. The molecule has 0 spiro atoms. The van der Waals surface area contributed by atoms with Gasteiger partial charge in [-0.3, -0.25) is 4.79 Å². The minimum Gasteiger partial charge on any atom is -0.495 e. The maximum absolute atomic E-state index is 11.9. The van der Waals surface area contributed by atoms with Crippen LogP contribution in [0.4, 0.5) is 11.5 Å². The van der Waals surface area contributed by atoms with Crippen molar-refractivity contribution < 1.29 is 9.53 Å². The lowest BCUT2D eigenvalue weighted by molar-refractivity contribution is 0.102. The zero-order valence-corrected chi connectivity index (χ0v) is 10.0. The number of carbonyl (C=O) groups is 1. The van der Waals surface area contributed by atoms with Crippen molar-refractivity contribution in [1.82, 2.24) is 15.4 Å². The van der Waals surface area contributed by atoms with Crippen molar-refractivity contribution in [3.8, 4) is 5.75 Å². The van der Waals surface area contributed by atoms with Crippen LogP contribution >= 0.6 is 0 Å². The molecule has 1 amide bonds. The van der Waals surface area contributed by atoms with E-state index in [-0.39, 0.29) is 11.5 Å². The van der Waals surface area contributed by atoms with Crippen molar-refractivity contribution in [3.63, 3.8) is 0 Å². The van der Waals surface area contributed by atoms with Crippen LogP contribution in [0.15, 0.2) is 18.2 Å². The van der Waals surface area contributed by atoms with E-state index in [1.54, 1.807) is 12.1 Å². The van der Waals surface area contributed by atoms with Gasteiger partial charge in [0.25, 0.3) is 5.91 Å². The molecule has 94 valence electrons. The number of nitrogen functional groups attached to an aromatic ring is 1. The van der Waals surface area contributed by atoms with Crippen molar-refractivity contribution in [2.24, 2.45) is 0 Å². The number of aromatic amines is 1. The fourth-order valence-corrected chi connectivity index (χ4v) is 1.51. The van der Waals surface area contributed by atoms with Crippen LogP contribution in [0.5, 0.6) is 5.75 Å². The first kappa shape index (κ1) is 11.9. The third-order valence-corrected chi connectivity index (χ3v) is 2.39. The van der Waals surface area contributed by atoms with Gasteiger partial charge in [0.05, 0.1) is 12.8 Å². The SMILES string of the molecule is COc1ccc(C)cc1NC(=O)c1n[nH]nc1N. The zero-order valence-electron chi connectivity index (χ0n) is 10.0. The summed E-state index contributed by atoms with van der Waals surface area (Å²) in [5.41, 5.74) is 7.11. The Hall–Kier alpha value is -2.57. The number of methoxy groups -OCH3 is 1.